The Balaban J connectivity index is 2.64. The summed E-state index contributed by atoms with van der Waals surface area (Å²) >= 11 is 0. The van der Waals surface area contributed by atoms with Gasteiger partial charge in [0.25, 0.3) is 0 Å². The van der Waals surface area contributed by atoms with Crippen molar-refractivity contribution in [2.75, 3.05) is 6.54 Å². The third-order valence-electron chi connectivity index (χ3n) is 2.54. The molecule has 0 bridgehead atoms. The molecule has 0 radical (unpaired) electrons. The van der Waals surface area contributed by atoms with Crippen LogP contribution in [-0.2, 0) is 9.59 Å². The van der Waals surface area contributed by atoms with E-state index in [9.17, 15) is 9.59 Å². The fraction of sp³-hybridized carbons (Fsp3) is 0.778. The van der Waals surface area contributed by atoms with Crippen molar-refractivity contribution in [2.45, 2.75) is 38.0 Å². The highest BCUT2D eigenvalue weighted by Gasteiger charge is 2.32. The van der Waals surface area contributed by atoms with E-state index in [1.807, 2.05) is 0 Å². The molecule has 5 nitrogen and oxygen atoms in total. The third-order valence-corrected chi connectivity index (χ3v) is 2.54. The van der Waals surface area contributed by atoms with Crippen molar-refractivity contribution < 1.29 is 14.7 Å². The molecule has 1 aliphatic heterocycles. The number of aldehydes is 1. The summed E-state index contributed by atoms with van der Waals surface area (Å²) in [5.41, 5.74) is 5.50. The molecule has 0 unspecified atom stereocenters. The van der Waals surface area contributed by atoms with Crippen molar-refractivity contribution in [2.24, 2.45) is 5.73 Å². The molecule has 1 saturated heterocycles. The normalized spacial score (nSPS) is 25.9. The summed E-state index contributed by atoms with van der Waals surface area (Å²) in [6.45, 7) is 2.03. The summed E-state index contributed by atoms with van der Waals surface area (Å²) in [4.78, 5) is 23.7. The number of hydrogen-bond donors (Lipinski definition) is 2. The molecule has 0 aromatic rings. The number of carbonyl (C=O) groups is 2. The van der Waals surface area contributed by atoms with Crippen molar-refractivity contribution in [3.8, 4) is 0 Å². The zero-order chi connectivity index (χ0) is 10.7. The van der Waals surface area contributed by atoms with Gasteiger partial charge in [0.15, 0.2) is 0 Å². The lowest BCUT2D eigenvalue weighted by Gasteiger charge is -2.25. The average molecular weight is 200 g/mol. The van der Waals surface area contributed by atoms with Gasteiger partial charge in [-0.2, -0.15) is 0 Å². The summed E-state index contributed by atoms with van der Waals surface area (Å²) in [6, 6.07) is -1.28. The van der Waals surface area contributed by atoms with Crippen LogP contribution in [0.3, 0.4) is 0 Å². The van der Waals surface area contributed by atoms with Crippen LogP contribution in [0.1, 0.15) is 19.8 Å². The topological polar surface area (TPSA) is 83.6 Å². The number of likely N-dealkylation sites (tertiary alicyclic amines) is 1. The molecule has 0 spiro atoms. The Morgan fingerprint density at radius 1 is 1.71 bits per heavy atom. The van der Waals surface area contributed by atoms with Gasteiger partial charge >= 0.3 is 0 Å². The first-order chi connectivity index (χ1) is 6.57. The third kappa shape index (κ3) is 2.10. The molecule has 80 valence electrons. The molecular weight excluding hydrogens is 184 g/mol. The zero-order valence-corrected chi connectivity index (χ0v) is 8.22. The second kappa shape index (κ2) is 4.52. The van der Waals surface area contributed by atoms with Crippen molar-refractivity contribution in [3.63, 3.8) is 0 Å². The number of nitrogens with zero attached hydrogens (tertiary/aromatic N) is 1. The van der Waals surface area contributed by atoms with Gasteiger partial charge in [0.1, 0.15) is 12.3 Å². The molecule has 14 heavy (non-hydrogen) atoms. The van der Waals surface area contributed by atoms with Gasteiger partial charge < -0.3 is 20.5 Å². The monoisotopic (exact) mass is 200 g/mol. The lowest BCUT2D eigenvalue weighted by Crippen LogP contribution is -2.51. The molecule has 0 aromatic heterocycles. The Morgan fingerprint density at radius 3 is 2.86 bits per heavy atom. The van der Waals surface area contributed by atoms with E-state index < -0.39 is 12.1 Å². The van der Waals surface area contributed by atoms with Crippen LogP contribution in [0.4, 0.5) is 0 Å². The van der Waals surface area contributed by atoms with Crippen LogP contribution in [0.5, 0.6) is 0 Å². The van der Waals surface area contributed by atoms with Crippen LogP contribution < -0.4 is 5.73 Å². The maximum Gasteiger partial charge on any atom is 0.242 e. The van der Waals surface area contributed by atoms with Crippen LogP contribution in [0, 0.1) is 0 Å². The van der Waals surface area contributed by atoms with E-state index in [0.717, 1.165) is 12.7 Å². The Bertz CT molecular complexity index is 230. The first kappa shape index (κ1) is 11.1. The predicted octanol–water partition coefficient (Wildman–Crippen LogP) is -1.12. The molecule has 3 atom stereocenters. The van der Waals surface area contributed by atoms with E-state index in [2.05, 4.69) is 0 Å². The van der Waals surface area contributed by atoms with Crippen LogP contribution in [0.2, 0.25) is 0 Å². The Kier molecular flexibility index (Phi) is 3.60. The number of carbonyl (C=O) groups excluding carboxylic acids is 2. The van der Waals surface area contributed by atoms with Gasteiger partial charge in [-0.3, -0.25) is 4.79 Å². The van der Waals surface area contributed by atoms with Gasteiger partial charge in [0, 0.05) is 6.54 Å². The molecule has 0 saturated carbocycles. The fourth-order valence-corrected chi connectivity index (χ4v) is 1.61. The summed E-state index contributed by atoms with van der Waals surface area (Å²) in [5.74, 6) is -0.338. The van der Waals surface area contributed by atoms with Crippen molar-refractivity contribution >= 4 is 12.2 Å². The molecule has 1 amide bonds. The van der Waals surface area contributed by atoms with Crippen LogP contribution in [-0.4, -0.2) is 46.9 Å². The van der Waals surface area contributed by atoms with Gasteiger partial charge in [-0.25, -0.2) is 0 Å². The van der Waals surface area contributed by atoms with E-state index in [1.165, 1.54) is 11.8 Å². The number of rotatable bonds is 3. The van der Waals surface area contributed by atoms with Gasteiger partial charge in [-0.05, 0) is 19.8 Å². The number of nitrogens with two attached hydrogens (primary N) is 1. The average Bonchev–Trinajstić information content (AvgIpc) is 2.62. The standard InChI is InChI=1S/C9H16N2O3/c1-6(13)8(10)9(14)11-4-2-3-7(11)5-12/h5-8,13H,2-4,10H2,1H3/t6-,7+,8+/m1/s1. The molecule has 0 aliphatic carbocycles. The SMILES string of the molecule is C[C@@H](O)[C@H](N)C(=O)N1CCC[C@H]1C=O. The largest absolute Gasteiger partial charge is 0.391 e. The number of hydrogen-bond acceptors (Lipinski definition) is 4. The highest BCUT2D eigenvalue weighted by atomic mass is 16.3. The van der Waals surface area contributed by atoms with Gasteiger partial charge in [-0.1, -0.05) is 0 Å². The quantitative estimate of drug-likeness (QED) is 0.565. The van der Waals surface area contributed by atoms with Crippen molar-refractivity contribution in [1.82, 2.24) is 4.90 Å². The minimum Gasteiger partial charge on any atom is -0.391 e. The number of aliphatic hydroxyl groups excluding tert-OH is 1. The minimum atomic E-state index is -0.921. The molecule has 1 rings (SSSR count). The first-order valence-corrected chi connectivity index (χ1v) is 4.77. The zero-order valence-electron chi connectivity index (χ0n) is 8.22. The molecule has 0 aromatic carbocycles. The predicted molar refractivity (Wildman–Crippen MR) is 50.5 cm³/mol. The van der Waals surface area contributed by atoms with Gasteiger partial charge in [0.05, 0.1) is 12.1 Å². The van der Waals surface area contributed by atoms with Gasteiger partial charge in [0.2, 0.25) is 5.91 Å². The lowest BCUT2D eigenvalue weighted by atomic mass is 10.1. The van der Waals surface area contributed by atoms with Gasteiger partial charge in [-0.15, -0.1) is 0 Å². The minimum absolute atomic E-state index is 0.338. The Morgan fingerprint density at radius 2 is 2.36 bits per heavy atom. The second-order valence-electron chi connectivity index (χ2n) is 3.64. The first-order valence-electron chi connectivity index (χ1n) is 4.77. The fourth-order valence-electron chi connectivity index (χ4n) is 1.61. The maximum absolute atomic E-state index is 11.6. The van der Waals surface area contributed by atoms with Crippen LogP contribution in [0.15, 0.2) is 0 Å². The van der Waals surface area contributed by atoms with E-state index >= 15 is 0 Å². The van der Waals surface area contributed by atoms with E-state index in [-0.39, 0.29) is 11.9 Å². The smallest absolute Gasteiger partial charge is 0.242 e. The Hall–Kier alpha value is -0.940. The molecule has 5 heteroatoms. The summed E-state index contributed by atoms with van der Waals surface area (Å²) in [5, 5.41) is 9.15. The van der Waals surface area contributed by atoms with E-state index in [4.69, 9.17) is 10.8 Å². The number of amides is 1. The summed E-state index contributed by atoms with van der Waals surface area (Å²) < 4.78 is 0. The lowest BCUT2D eigenvalue weighted by molar-refractivity contribution is -0.137. The maximum atomic E-state index is 11.6. The van der Waals surface area contributed by atoms with E-state index in [1.54, 1.807) is 0 Å². The van der Waals surface area contributed by atoms with Crippen molar-refractivity contribution in [3.05, 3.63) is 0 Å². The van der Waals surface area contributed by atoms with Crippen molar-refractivity contribution in [1.29, 1.82) is 0 Å². The highest BCUT2D eigenvalue weighted by Crippen LogP contribution is 2.16. The molecule has 1 aliphatic rings. The van der Waals surface area contributed by atoms with Crippen LogP contribution >= 0.6 is 0 Å². The van der Waals surface area contributed by atoms with Crippen LogP contribution in [0.25, 0.3) is 0 Å². The summed E-state index contributed by atoms with van der Waals surface area (Å²) in [6.07, 6.45) is 1.40. The second-order valence-corrected chi connectivity index (χ2v) is 3.64. The molecule has 1 heterocycles. The van der Waals surface area contributed by atoms with E-state index in [0.29, 0.717) is 13.0 Å². The summed E-state index contributed by atoms with van der Waals surface area (Å²) in [7, 11) is 0. The molecular formula is C9H16N2O3. The molecule has 1 fully saturated rings. The highest BCUT2D eigenvalue weighted by molar-refractivity contribution is 5.85. The molecule has 3 N–H and O–H groups in total. The number of aliphatic hydroxyl groups is 1. The Labute approximate surface area is 82.9 Å².